The minimum atomic E-state index is -0.231. The van der Waals surface area contributed by atoms with Gasteiger partial charge in [0, 0.05) is 18.0 Å². The molecular weight excluding hydrogens is 344 g/mol. The number of hydrogen-bond acceptors (Lipinski definition) is 2. The fourth-order valence-corrected chi connectivity index (χ4v) is 3.22. The zero-order chi connectivity index (χ0) is 19.2. The normalized spacial score (nSPS) is 11.6. The van der Waals surface area contributed by atoms with Gasteiger partial charge in [-0.2, -0.15) is 0 Å². The van der Waals surface area contributed by atoms with Crippen molar-refractivity contribution in [1.29, 1.82) is 0 Å². The molecule has 1 unspecified atom stereocenters. The third-order valence-corrected chi connectivity index (χ3v) is 4.70. The summed E-state index contributed by atoms with van der Waals surface area (Å²) in [6.45, 7) is 0. The molecule has 1 heterocycles. The van der Waals surface area contributed by atoms with Crippen molar-refractivity contribution < 1.29 is 4.79 Å². The predicted molar refractivity (Wildman–Crippen MR) is 112 cm³/mol. The third kappa shape index (κ3) is 3.99. The number of carbonyl (C=O) groups excluding carboxylic acids is 1. The molecule has 1 atom stereocenters. The molecule has 0 saturated heterocycles. The molecule has 0 aliphatic rings. The van der Waals surface area contributed by atoms with Crippen molar-refractivity contribution >= 4 is 5.91 Å². The maximum absolute atomic E-state index is 12.9. The summed E-state index contributed by atoms with van der Waals surface area (Å²) in [6, 6.07) is 31.4. The van der Waals surface area contributed by atoms with Crippen LogP contribution in [0.1, 0.15) is 27.5 Å². The van der Waals surface area contributed by atoms with Crippen LogP contribution >= 0.6 is 0 Å². The Morgan fingerprint density at radius 3 is 1.82 bits per heavy atom. The number of nitrogens with zero attached hydrogens (tertiary/aromatic N) is 1. The van der Waals surface area contributed by atoms with Crippen LogP contribution in [0.3, 0.4) is 0 Å². The monoisotopic (exact) mass is 364 g/mol. The molecule has 0 bridgehead atoms. The first-order chi connectivity index (χ1) is 13.8. The number of rotatable bonds is 5. The number of nitrogens with one attached hydrogen (secondary N) is 1. The van der Waals surface area contributed by atoms with Gasteiger partial charge in [0.15, 0.2) is 0 Å². The molecule has 1 amide bonds. The van der Waals surface area contributed by atoms with Crippen LogP contribution in [0.4, 0.5) is 0 Å². The fraction of sp³-hybridized carbons (Fsp3) is 0.0400. The molecule has 0 spiro atoms. The van der Waals surface area contributed by atoms with E-state index in [1.165, 1.54) is 0 Å². The molecule has 4 aromatic rings. The van der Waals surface area contributed by atoms with Crippen LogP contribution in [-0.4, -0.2) is 10.9 Å². The summed E-state index contributed by atoms with van der Waals surface area (Å²) in [6.07, 6.45) is 3.48. The van der Waals surface area contributed by atoms with Gasteiger partial charge in [-0.25, -0.2) is 0 Å². The second-order valence-corrected chi connectivity index (χ2v) is 6.54. The maximum atomic E-state index is 12.9. The number of carbonyl (C=O) groups is 1. The molecule has 0 saturated carbocycles. The highest BCUT2D eigenvalue weighted by Crippen LogP contribution is 2.23. The molecular formula is C25H20N2O. The highest BCUT2D eigenvalue weighted by atomic mass is 16.1. The smallest absolute Gasteiger partial charge is 0.252 e. The van der Waals surface area contributed by atoms with E-state index in [0.29, 0.717) is 5.56 Å². The van der Waals surface area contributed by atoms with Crippen molar-refractivity contribution in [3.8, 4) is 11.1 Å². The first-order valence-corrected chi connectivity index (χ1v) is 9.22. The van der Waals surface area contributed by atoms with Crippen LogP contribution in [0.2, 0.25) is 0 Å². The van der Waals surface area contributed by atoms with E-state index in [1.807, 2.05) is 84.9 Å². The highest BCUT2D eigenvalue weighted by Gasteiger charge is 2.17. The molecule has 0 fully saturated rings. The number of amides is 1. The van der Waals surface area contributed by atoms with E-state index < -0.39 is 0 Å². The average molecular weight is 364 g/mol. The lowest BCUT2D eigenvalue weighted by molar-refractivity contribution is 0.0943. The highest BCUT2D eigenvalue weighted by molar-refractivity contribution is 5.95. The van der Waals surface area contributed by atoms with Crippen LogP contribution in [0.5, 0.6) is 0 Å². The molecule has 1 aromatic heterocycles. The van der Waals surface area contributed by atoms with Crippen molar-refractivity contribution in [3.05, 3.63) is 126 Å². The summed E-state index contributed by atoms with van der Waals surface area (Å²) in [4.78, 5) is 17.0. The van der Waals surface area contributed by atoms with Crippen molar-refractivity contribution in [3.63, 3.8) is 0 Å². The Bertz CT molecular complexity index is 991. The molecule has 3 nitrogen and oxygen atoms in total. The summed E-state index contributed by atoms with van der Waals surface area (Å²) in [5.41, 5.74) is 4.88. The molecule has 4 rings (SSSR count). The van der Waals surface area contributed by atoms with Crippen LogP contribution in [0, 0.1) is 0 Å². The Balaban J connectivity index is 1.58. The van der Waals surface area contributed by atoms with Gasteiger partial charge in [-0.1, -0.05) is 72.8 Å². The van der Waals surface area contributed by atoms with E-state index in [2.05, 4.69) is 22.4 Å². The van der Waals surface area contributed by atoms with E-state index in [-0.39, 0.29) is 11.9 Å². The molecule has 3 aromatic carbocycles. The van der Waals surface area contributed by atoms with Gasteiger partial charge < -0.3 is 5.32 Å². The summed E-state index contributed by atoms with van der Waals surface area (Å²) in [7, 11) is 0. The largest absolute Gasteiger partial charge is 0.341 e. The number of aromatic nitrogens is 1. The number of benzene rings is 3. The molecule has 3 heteroatoms. The Hall–Kier alpha value is -3.72. The van der Waals surface area contributed by atoms with Crippen molar-refractivity contribution in [2.24, 2.45) is 0 Å². The SMILES string of the molecule is O=C(NC(c1ccccc1)c1ccncc1)c1ccc(-c2ccccc2)cc1. The van der Waals surface area contributed by atoms with Gasteiger partial charge in [-0.15, -0.1) is 0 Å². The predicted octanol–water partition coefficient (Wildman–Crippen LogP) is 5.27. The van der Waals surface area contributed by atoms with E-state index in [0.717, 1.165) is 22.3 Å². The lowest BCUT2D eigenvalue weighted by atomic mass is 9.99. The molecule has 0 radical (unpaired) electrons. The summed E-state index contributed by atoms with van der Waals surface area (Å²) in [5, 5.41) is 3.16. The molecule has 1 N–H and O–H groups in total. The van der Waals surface area contributed by atoms with E-state index in [1.54, 1.807) is 12.4 Å². The van der Waals surface area contributed by atoms with Crippen molar-refractivity contribution in [2.45, 2.75) is 6.04 Å². The first-order valence-electron chi connectivity index (χ1n) is 9.22. The molecule has 0 aliphatic heterocycles. The zero-order valence-corrected chi connectivity index (χ0v) is 15.3. The summed E-state index contributed by atoms with van der Waals surface area (Å²) in [5.74, 6) is -0.106. The summed E-state index contributed by atoms with van der Waals surface area (Å²) >= 11 is 0. The Labute approximate surface area is 164 Å². The lowest BCUT2D eigenvalue weighted by Crippen LogP contribution is -2.29. The van der Waals surface area contributed by atoms with E-state index in [4.69, 9.17) is 0 Å². The number of pyridine rings is 1. The third-order valence-electron chi connectivity index (χ3n) is 4.70. The van der Waals surface area contributed by atoms with Crippen LogP contribution < -0.4 is 5.32 Å². The first kappa shape index (κ1) is 17.7. The van der Waals surface area contributed by atoms with Gasteiger partial charge in [0.05, 0.1) is 6.04 Å². The van der Waals surface area contributed by atoms with Gasteiger partial charge in [-0.3, -0.25) is 9.78 Å². The van der Waals surface area contributed by atoms with Gasteiger partial charge in [-0.05, 0) is 46.5 Å². The second-order valence-electron chi connectivity index (χ2n) is 6.54. The lowest BCUT2D eigenvalue weighted by Gasteiger charge is -2.20. The Morgan fingerprint density at radius 1 is 0.643 bits per heavy atom. The standard InChI is InChI=1S/C25H20N2O/c28-25(23-13-11-20(12-14-23)19-7-3-1-4-8-19)27-24(21-9-5-2-6-10-21)22-15-17-26-18-16-22/h1-18,24H,(H,27,28). The van der Waals surface area contributed by atoms with E-state index >= 15 is 0 Å². The van der Waals surface area contributed by atoms with Crippen LogP contribution in [0.25, 0.3) is 11.1 Å². The second kappa shape index (κ2) is 8.31. The summed E-state index contributed by atoms with van der Waals surface area (Å²) < 4.78 is 0. The van der Waals surface area contributed by atoms with Gasteiger partial charge in [0.2, 0.25) is 0 Å². The maximum Gasteiger partial charge on any atom is 0.252 e. The average Bonchev–Trinajstić information content (AvgIpc) is 2.79. The minimum Gasteiger partial charge on any atom is -0.341 e. The van der Waals surface area contributed by atoms with Crippen LogP contribution in [-0.2, 0) is 0 Å². The van der Waals surface area contributed by atoms with Crippen molar-refractivity contribution in [2.75, 3.05) is 0 Å². The molecule has 0 aliphatic carbocycles. The van der Waals surface area contributed by atoms with Crippen LogP contribution in [0.15, 0.2) is 109 Å². The van der Waals surface area contributed by atoms with Gasteiger partial charge in [0.1, 0.15) is 0 Å². The topological polar surface area (TPSA) is 42.0 Å². The van der Waals surface area contributed by atoms with Gasteiger partial charge in [0.25, 0.3) is 5.91 Å². The Kier molecular flexibility index (Phi) is 5.25. The molecule has 28 heavy (non-hydrogen) atoms. The Morgan fingerprint density at radius 2 is 1.18 bits per heavy atom. The van der Waals surface area contributed by atoms with Crippen molar-refractivity contribution in [1.82, 2.24) is 10.3 Å². The van der Waals surface area contributed by atoms with Gasteiger partial charge >= 0.3 is 0 Å². The molecule has 136 valence electrons. The number of hydrogen-bond donors (Lipinski definition) is 1. The van der Waals surface area contributed by atoms with E-state index in [9.17, 15) is 4.79 Å². The fourth-order valence-electron chi connectivity index (χ4n) is 3.22. The quantitative estimate of drug-likeness (QED) is 0.524. The minimum absolute atomic E-state index is 0.106. The zero-order valence-electron chi connectivity index (χ0n) is 15.3.